The van der Waals surface area contributed by atoms with E-state index in [0.717, 1.165) is 18.9 Å². The Kier molecular flexibility index (Phi) is 4.68. The summed E-state index contributed by atoms with van der Waals surface area (Å²) in [6.07, 6.45) is 1.47. The van der Waals surface area contributed by atoms with Gasteiger partial charge in [-0.3, -0.25) is 9.59 Å². The number of aliphatic hydroxyl groups excluding tert-OH is 1. The molecule has 1 unspecified atom stereocenters. The lowest BCUT2D eigenvalue weighted by atomic mass is 10.2. The lowest BCUT2D eigenvalue weighted by Crippen LogP contribution is -2.40. The van der Waals surface area contributed by atoms with Gasteiger partial charge in [-0.15, -0.1) is 0 Å². The fourth-order valence-corrected chi connectivity index (χ4v) is 1.82. The van der Waals surface area contributed by atoms with Crippen LogP contribution in [0.15, 0.2) is 24.3 Å². The molecule has 1 atom stereocenters. The molecule has 1 fully saturated rings. The fraction of sp³-hybridized carbons (Fsp3) is 0.429. The molecule has 108 valence electrons. The molecule has 2 rings (SSSR count). The van der Waals surface area contributed by atoms with Crippen molar-refractivity contribution in [2.24, 2.45) is 5.92 Å². The highest BCUT2D eigenvalue weighted by Crippen LogP contribution is 2.32. The van der Waals surface area contributed by atoms with Crippen molar-refractivity contribution < 1.29 is 19.1 Å². The summed E-state index contributed by atoms with van der Waals surface area (Å²) in [5.41, 5.74) is 0.163. The summed E-state index contributed by atoms with van der Waals surface area (Å²) < 4.78 is 12.9. The Labute approximate surface area is 116 Å². The van der Waals surface area contributed by atoms with Crippen LogP contribution in [0.4, 0.5) is 4.39 Å². The van der Waals surface area contributed by atoms with Crippen LogP contribution in [0.5, 0.6) is 0 Å². The third-order valence-electron chi connectivity index (χ3n) is 3.17. The average Bonchev–Trinajstić information content (AvgIpc) is 3.26. The van der Waals surface area contributed by atoms with E-state index in [4.69, 9.17) is 0 Å². The average molecular weight is 280 g/mol. The number of carbonyl (C=O) groups excluding carboxylic acids is 2. The van der Waals surface area contributed by atoms with Crippen LogP contribution in [0.1, 0.15) is 23.2 Å². The molecule has 20 heavy (non-hydrogen) atoms. The lowest BCUT2D eigenvalue weighted by molar-refractivity contribution is -0.120. The van der Waals surface area contributed by atoms with Gasteiger partial charge in [0, 0.05) is 12.1 Å². The molecule has 0 aliphatic heterocycles. The number of nitrogens with one attached hydrogen (secondary N) is 2. The molecular formula is C14H17FN2O3. The molecule has 0 spiro atoms. The third-order valence-corrected chi connectivity index (χ3v) is 3.17. The van der Waals surface area contributed by atoms with Crippen molar-refractivity contribution >= 4 is 11.8 Å². The van der Waals surface area contributed by atoms with Crippen molar-refractivity contribution in [1.82, 2.24) is 10.6 Å². The van der Waals surface area contributed by atoms with Gasteiger partial charge in [0.15, 0.2) is 0 Å². The van der Waals surface area contributed by atoms with E-state index in [2.05, 4.69) is 10.6 Å². The number of carbonyl (C=O) groups is 2. The van der Waals surface area contributed by atoms with E-state index >= 15 is 0 Å². The first-order chi connectivity index (χ1) is 9.56. The first-order valence-corrected chi connectivity index (χ1v) is 6.55. The molecule has 1 aromatic carbocycles. The van der Waals surface area contributed by atoms with Gasteiger partial charge in [0.2, 0.25) is 5.91 Å². The minimum absolute atomic E-state index is 0.163. The summed E-state index contributed by atoms with van der Waals surface area (Å²) >= 11 is 0. The predicted molar refractivity (Wildman–Crippen MR) is 70.5 cm³/mol. The summed E-state index contributed by atoms with van der Waals surface area (Å²) in [6, 6.07) is 5.23. The monoisotopic (exact) mass is 280 g/mol. The second-order valence-corrected chi connectivity index (χ2v) is 4.90. The molecule has 1 saturated carbocycles. The van der Waals surface area contributed by atoms with Crippen LogP contribution in [-0.2, 0) is 4.79 Å². The van der Waals surface area contributed by atoms with Crippen molar-refractivity contribution in [3.8, 4) is 0 Å². The standard InChI is InChI=1S/C14H17FN2O3/c15-11-3-1-2-10(6-11)14(20)17-8-13(19)16-7-12(18)9-4-5-9/h1-3,6,9,12,18H,4-5,7-8H2,(H,16,19)(H,17,20). The second kappa shape index (κ2) is 6.47. The molecule has 5 nitrogen and oxygen atoms in total. The van der Waals surface area contributed by atoms with E-state index in [1.54, 1.807) is 0 Å². The molecular weight excluding hydrogens is 263 g/mol. The Balaban J connectivity index is 1.71. The van der Waals surface area contributed by atoms with Crippen molar-refractivity contribution in [3.63, 3.8) is 0 Å². The molecule has 1 aliphatic rings. The van der Waals surface area contributed by atoms with Crippen LogP contribution in [0.3, 0.4) is 0 Å². The van der Waals surface area contributed by atoms with E-state index < -0.39 is 17.8 Å². The molecule has 2 amide bonds. The number of benzene rings is 1. The van der Waals surface area contributed by atoms with Crippen LogP contribution in [0.2, 0.25) is 0 Å². The second-order valence-electron chi connectivity index (χ2n) is 4.90. The molecule has 1 aliphatic carbocycles. The Hall–Kier alpha value is -1.95. The van der Waals surface area contributed by atoms with Crippen LogP contribution in [-0.4, -0.2) is 36.1 Å². The van der Waals surface area contributed by atoms with Crippen LogP contribution in [0, 0.1) is 11.7 Å². The minimum atomic E-state index is -0.516. The van der Waals surface area contributed by atoms with Crippen LogP contribution in [0.25, 0.3) is 0 Å². The first-order valence-electron chi connectivity index (χ1n) is 6.55. The Morgan fingerprint density at radius 2 is 2.10 bits per heavy atom. The third kappa shape index (κ3) is 4.31. The number of aliphatic hydroxyl groups is 1. The molecule has 0 heterocycles. The molecule has 0 bridgehead atoms. The predicted octanol–water partition coefficient (Wildman–Crippen LogP) is 0.443. The van der Waals surface area contributed by atoms with Crippen molar-refractivity contribution in [2.75, 3.05) is 13.1 Å². The van der Waals surface area contributed by atoms with Crippen molar-refractivity contribution in [1.29, 1.82) is 0 Å². The molecule has 1 aromatic rings. The quantitative estimate of drug-likeness (QED) is 0.707. The number of hydrogen-bond donors (Lipinski definition) is 3. The SMILES string of the molecule is O=C(CNC(=O)c1cccc(F)c1)NCC(O)C1CC1. The van der Waals surface area contributed by atoms with Gasteiger partial charge >= 0.3 is 0 Å². The fourth-order valence-electron chi connectivity index (χ4n) is 1.82. The first kappa shape index (κ1) is 14.5. The van der Waals surface area contributed by atoms with E-state index in [-0.39, 0.29) is 30.5 Å². The molecule has 0 radical (unpaired) electrons. The molecule has 6 heteroatoms. The van der Waals surface area contributed by atoms with Gasteiger partial charge in [-0.25, -0.2) is 4.39 Å². The number of amides is 2. The van der Waals surface area contributed by atoms with E-state index in [9.17, 15) is 19.1 Å². The van der Waals surface area contributed by atoms with Gasteiger partial charge < -0.3 is 15.7 Å². The summed E-state index contributed by atoms with van der Waals surface area (Å²) in [6.45, 7) is -0.00787. The number of rotatable bonds is 6. The maximum absolute atomic E-state index is 12.9. The topological polar surface area (TPSA) is 78.4 Å². The van der Waals surface area contributed by atoms with Gasteiger partial charge in [0.1, 0.15) is 5.82 Å². The van der Waals surface area contributed by atoms with Crippen molar-refractivity contribution in [3.05, 3.63) is 35.6 Å². The number of hydrogen-bond acceptors (Lipinski definition) is 3. The Bertz CT molecular complexity index is 503. The normalized spacial score (nSPS) is 15.5. The summed E-state index contributed by atoms with van der Waals surface area (Å²) in [5, 5.41) is 14.5. The zero-order valence-corrected chi connectivity index (χ0v) is 10.9. The van der Waals surface area contributed by atoms with Gasteiger partial charge in [0.05, 0.1) is 12.6 Å². The minimum Gasteiger partial charge on any atom is -0.391 e. The molecule has 3 N–H and O–H groups in total. The van der Waals surface area contributed by atoms with Gasteiger partial charge in [-0.1, -0.05) is 6.07 Å². The Morgan fingerprint density at radius 3 is 2.75 bits per heavy atom. The number of halogens is 1. The van der Waals surface area contributed by atoms with E-state index in [1.165, 1.54) is 18.2 Å². The highest BCUT2D eigenvalue weighted by Gasteiger charge is 2.29. The smallest absolute Gasteiger partial charge is 0.251 e. The largest absolute Gasteiger partial charge is 0.391 e. The Morgan fingerprint density at radius 1 is 1.35 bits per heavy atom. The van der Waals surface area contributed by atoms with Gasteiger partial charge in [-0.05, 0) is 37.0 Å². The van der Waals surface area contributed by atoms with Crippen LogP contribution >= 0.6 is 0 Å². The van der Waals surface area contributed by atoms with E-state index in [1.807, 2.05) is 0 Å². The summed E-state index contributed by atoms with van der Waals surface area (Å²) in [5.74, 6) is -1.11. The maximum Gasteiger partial charge on any atom is 0.251 e. The zero-order valence-electron chi connectivity index (χ0n) is 10.9. The maximum atomic E-state index is 12.9. The van der Waals surface area contributed by atoms with Crippen molar-refractivity contribution in [2.45, 2.75) is 18.9 Å². The van der Waals surface area contributed by atoms with Gasteiger partial charge in [-0.2, -0.15) is 0 Å². The summed E-state index contributed by atoms with van der Waals surface area (Å²) in [4.78, 5) is 23.1. The lowest BCUT2D eigenvalue weighted by Gasteiger charge is -2.11. The zero-order chi connectivity index (χ0) is 14.5. The molecule has 0 aromatic heterocycles. The van der Waals surface area contributed by atoms with Crippen LogP contribution < -0.4 is 10.6 Å². The van der Waals surface area contributed by atoms with Gasteiger partial charge in [0.25, 0.3) is 5.91 Å². The summed E-state index contributed by atoms with van der Waals surface area (Å²) in [7, 11) is 0. The highest BCUT2D eigenvalue weighted by atomic mass is 19.1. The van der Waals surface area contributed by atoms with E-state index in [0.29, 0.717) is 0 Å². The molecule has 0 saturated heterocycles. The highest BCUT2D eigenvalue weighted by molar-refractivity contribution is 5.96.